The van der Waals surface area contributed by atoms with Gasteiger partial charge in [-0.25, -0.2) is 0 Å². The van der Waals surface area contributed by atoms with E-state index >= 15 is 0 Å². The van der Waals surface area contributed by atoms with E-state index in [1.165, 1.54) is 25.0 Å². The summed E-state index contributed by atoms with van der Waals surface area (Å²) in [6.07, 6.45) is 3.66. The average Bonchev–Trinajstić information content (AvgIpc) is 1.89. The molecule has 10 heavy (non-hydrogen) atoms. The summed E-state index contributed by atoms with van der Waals surface area (Å²) in [7, 11) is 0. The summed E-state index contributed by atoms with van der Waals surface area (Å²) < 4.78 is 0. The Labute approximate surface area is 68.8 Å². The van der Waals surface area contributed by atoms with Gasteiger partial charge in [0.1, 0.15) is 0 Å². The Morgan fingerprint density at radius 3 is 2.50 bits per heavy atom. The Bertz CT molecular complexity index is 66.3. The van der Waals surface area contributed by atoms with Gasteiger partial charge in [-0.3, -0.25) is 0 Å². The van der Waals surface area contributed by atoms with E-state index < -0.39 is 0 Å². The molecular formula is C8H19NS. The number of rotatable bonds is 6. The van der Waals surface area contributed by atoms with Crippen LogP contribution in [0, 0.1) is 0 Å². The molecule has 0 saturated heterocycles. The average molecular weight is 161 g/mol. The monoisotopic (exact) mass is 161 g/mol. The van der Waals surface area contributed by atoms with Gasteiger partial charge in [0.2, 0.25) is 0 Å². The molecule has 62 valence electrons. The predicted molar refractivity (Wildman–Crippen MR) is 50.5 cm³/mol. The predicted octanol–water partition coefficient (Wildman–Crippen LogP) is 2.26. The molecule has 0 aromatic rings. The molecule has 0 aromatic heterocycles. The third-order valence-corrected chi connectivity index (χ3v) is 2.70. The van der Waals surface area contributed by atoms with Crippen molar-refractivity contribution >= 4 is 11.8 Å². The van der Waals surface area contributed by atoms with Crippen LogP contribution in [0.25, 0.3) is 0 Å². The molecule has 1 unspecified atom stereocenters. The van der Waals surface area contributed by atoms with Crippen LogP contribution in [0.2, 0.25) is 0 Å². The van der Waals surface area contributed by atoms with Crippen molar-refractivity contribution in [2.45, 2.75) is 39.2 Å². The highest BCUT2D eigenvalue weighted by Crippen LogP contribution is 2.06. The lowest BCUT2D eigenvalue weighted by Gasteiger charge is -2.08. The molecule has 0 heterocycles. The van der Waals surface area contributed by atoms with Crippen molar-refractivity contribution in [3.8, 4) is 0 Å². The minimum atomic E-state index is 0.432. The molecule has 0 aromatic carbocycles. The largest absolute Gasteiger partial charge is 0.327 e. The zero-order chi connectivity index (χ0) is 7.82. The van der Waals surface area contributed by atoms with E-state index in [0.29, 0.717) is 6.04 Å². The first-order valence-corrected chi connectivity index (χ1v) is 5.30. The highest BCUT2D eigenvalue weighted by Gasteiger charge is 1.98. The van der Waals surface area contributed by atoms with E-state index in [9.17, 15) is 0 Å². The Morgan fingerprint density at radius 1 is 1.30 bits per heavy atom. The number of hydrogen-bond donors (Lipinski definition) is 1. The van der Waals surface area contributed by atoms with Crippen molar-refractivity contribution in [1.82, 2.24) is 0 Å². The van der Waals surface area contributed by atoms with Crippen molar-refractivity contribution in [2.75, 3.05) is 11.5 Å². The molecule has 0 fully saturated rings. The van der Waals surface area contributed by atoms with Gasteiger partial charge in [-0.2, -0.15) is 11.8 Å². The molecule has 0 bridgehead atoms. The second-order valence-electron chi connectivity index (χ2n) is 2.62. The van der Waals surface area contributed by atoms with E-state index in [4.69, 9.17) is 5.73 Å². The first-order chi connectivity index (χ1) is 4.81. The van der Waals surface area contributed by atoms with Gasteiger partial charge < -0.3 is 5.73 Å². The molecule has 0 saturated carbocycles. The van der Waals surface area contributed by atoms with Crippen LogP contribution in [0.5, 0.6) is 0 Å². The van der Waals surface area contributed by atoms with Crippen LogP contribution in [0.15, 0.2) is 0 Å². The van der Waals surface area contributed by atoms with Gasteiger partial charge in [-0.05, 0) is 18.6 Å². The normalized spacial score (nSPS) is 13.5. The van der Waals surface area contributed by atoms with E-state index in [2.05, 4.69) is 13.8 Å². The first kappa shape index (κ1) is 10.3. The minimum absolute atomic E-state index is 0.432. The lowest BCUT2D eigenvalue weighted by atomic mass is 10.2. The summed E-state index contributed by atoms with van der Waals surface area (Å²) in [5.41, 5.74) is 5.80. The Hall–Kier alpha value is 0.310. The van der Waals surface area contributed by atoms with Crippen LogP contribution < -0.4 is 5.73 Å². The van der Waals surface area contributed by atoms with E-state index in [1.807, 2.05) is 11.8 Å². The molecule has 0 radical (unpaired) electrons. The van der Waals surface area contributed by atoms with Gasteiger partial charge in [-0.1, -0.05) is 20.3 Å². The molecule has 1 nitrogen and oxygen atoms in total. The molecule has 0 spiro atoms. The summed E-state index contributed by atoms with van der Waals surface area (Å²) in [6.45, 7) is 4.39. The fourth-order valence-electron chi connectivity index (χ4n) is 0.833. The highest BCUT2D eigenvalue weighted by atomic mass is 32.2. The summed E-state index contributed by atoms with van der Waals surface area (Å²) in [6, 6.07) is 0.432. The van der Waals surface area contributed by atoms with E-state index in [1.54, 1.807) is 0 Å². The maximum absolute atomic E-state index is 5.80. The molecule has 0 rings (SSSR count). The van der Waals surface area contributed by atoms with Crippen LogP contribution in [0.4, 0.5) is 0 Å². The van der Waals surface area contributed by atoms with Gasteiger partial charge in [-0.15, -0.1) is 0 Å². The van der Waals surface area contributed by atoms with Gasteiger partial charge >= 0.3 is 0 Å². The highest BCUT2D eigenvalue weighted by molar-refractivity contribution is 7.99. The topological polar surface area (TPSA) is 26.0 Å². The quantitative estimate of drug-likeness (QED) is 0.605. The molecule has 1 atom stereocenters. The van der Waals surface area contributed by atoms with E-state index in [0.717, 1.165) is 5.75 Å². The van der Waals surface area contributed by atoms with Crippen molar-refractivity contribution in [3.05, 3.63) is 0 Å². The van der Waals surface area contributed by atoms with Gasteiger partial charge in [0.05, 0.1) is 0 Å². The van der Waals surface area contributed by atoms with Crippen LogP contribution >= 0.6 is 11.8 Å². The summed E-state index contributed by atoms with van der Waals surface area (Å²) in [5, 5.41) is 0. The number of nitrogens with two attached hydrogens (primary N) is 1. The van der Waals surface area contributed by atoms with Crippen LogP contribution in [-0.4, -0.2) is 17.5 Å². The minimum Gasteiger partial charge on any atom is -0.327 e. The smallest absolute Gasteiger partial charge is 0.0130 e. The Balaban J connectivity index is 2.97. The molecule has 0 aliphatic heterocycles. The van der Waals surface area contributed by atoms with Gasteiger partial charge in [0, 0.05) is 11.8 Å². The first-order valence-electron chi connectivity index (χ1n) is 4.14. The Kier molecular flexibility index (Phi) is 7.65. The second-order valence-corrected chi connectivity index (χ2v) is 3.77. The summed E-state index contributed by atoms with van der Waals surface area (Å²) >= 11 is 1.98. The fraction of sp³-hybridized carbons (Fsp3) is 1.00. The Morgan fingerprint density at radius 2 is 2.00 bits per heavy atom. The third-order valence-electron chi connectivity index (χ3n) is 1.34. The maximum Gasteiger partial charge on any atom is 0.0130 e. The van der Waals surface area contributed by atoms with Gasteiger partial charge in [0.25, 0.3) is 0 Å². The van der Waals surface area contributed by atoms with Crippen molar-refractivity contribution in [3.63, 3.8) is 0 Å². The lowest BCUT2D eigenvalue weighted by Crippen LogP contribution is -2.22. The van der Waals surface area contributed by atoms with Gasteiger partial charge in [0.15, 0.2) is 0 Å². The molecule has 2 heteroatoms. The summed E-state index contributed by atoms with van der Waals surface area (Å²) in [4.78, 5) is 0. The zero-order valence-corrected chi connectivity index (χ0v) is 7.91. The van der Waals surface area contributed by atoms with Crippen molar-refractivity contribution in [1.29, 1.82) is 0 Å². The number of thioether (sulfide) groups is 1. The molecule has 0 aliphatic carbocycles. The van der Waals surface area contributed by atoms with E-state index in [-0.39, 0.29) is 0 Å². The lowest BCUT2D eigenvalue weighted by molar-refractivity contribution is 0.660. The standard InChI is InChI=1S/C8H19NS/c1-3-5-8(9)7-10-6-4-2/h8H,3-7,9H2,1-2H3. The van der Waals surface area contributed by atoms with Crippen molar-refractivity contribution in [2.24, 2.45) is 5.73 Å². The molecule has 0 aliphatic rings. The van der Waals surface area contributed by atoms with Crippen molar-refractivity contribution < 1.29 is 0 Å². The molecule has 2 N–H and O–H groups in total. The summed E-state index contributed by atoms with van der Waals surface area (Å²) in [5.74, 6) is 2.40. The molecule has 0 amide bonds. The third kappa shape index (κ3) is 6.43. The van der Waals surface area contributed by atoms with Crippen LogP contribution in [0.1, 0.15) is 33.1 Å². The fourth-order valence-corrected chi connectivity index (χ4v) is 1.76. The van der Waals surface area contributed by atoms with Crippen LogP contribution in [-0.2, 0) is 0 Å². The number of hydrogen-bond acceptors (Lipinski definition) is 2. The molecular weight excluding hydrogens is 142 g/mol. The maximum atomic E-state index is 5.80. The van der Waals surface area contributed by atoms with Crippen LogP contribution in [0.3, 0.4) is 0 Å². The SMILES string of the molecule is CCCSCC(N)CCC. The second kappa shape index (κ2) is 7.42. The zero-order valence-electron chi connectivity index (χ0n) is 7.10.